The quantitative estimate of drug-likeness (QED) is 0.417. The Hall–Kier alpha value is -1.37. The van der Waals surface area contributed by atoms with Crippen molar-refractivity contribution in [3.05, 3.63) is 34.3 Å². The van der Waals surface area contributed by atoms with Crippen LogP contribution in [0.15, 0.2) is 22.8 Å². The van der Waals surface area contributed by atoms with Gasteiger partial charge in [0.1, 0.15) is 0 Å². The predicted octanol–water partition coefficient (Wildman–Crippen LogP) is 0.166. The summed E-state index contributed by atoms with van der Waals surface area (Å²) in [4.78, 5) is 9.29. The van der Waals surface area contributed by atoms with Gasteiger partial charge in [0.25, 0.3) is 0 Å². The van der Waals surface area contributed by atoms with Gasteiger partial charge in [0, 0.05) is 4.92 Å². The minimum Gasteiger partial charge on any atom is -0.461 e. The second-order valence-corrected chi connectivity index (χ2v) is 3.02. The summed E-state index contributed by atoms with van der Waals surface area (Å²) in [6.45, 7) is 0. The van der Waals surface area contributed by atoms with Crippen LogP contribution in [0.2, 0.25) is 0 Å². The van der Waals surface area contributed by atoms with Crippen molar-refractivity contribution in [2.75, 3.05) is 0 Å². The first-order valence-electron chi connectivity index (χ1n) is 2.93. The van der Waals surface area contributed by atoms with Crippen molar-refractivity contribution in [3.8, 4) is 0 Å². The summed E-state index contributed by atoms with van der Waals surface area (Å²) in [5, 5.41) is 8.43. The molecule has 7 heteroatoms. The van der Waals surface area contributed by atoms with Crippen molar-refractivity contribution in [2.45, 2.75) is 5.37 Å². The zero-order valence-corrected chi connectivity index (χ0v) is 6.64. The third kappa shape index (κ3) is 1.62. The Morgan fingerprint density at radius 3 is 2.58 bits per heavy atom. The molecule has 0 spiro atoms. The highest BCUT2D eigenvalue weighted by atomic mass is 32.2. The molecule has 1 aromatic rings. The van der Waals surface area contributed by atoms with E-state index in [1.807, 2.05) is 0 Å². The van der Waals surface area contributed by atoms with Crippen LogP contribution in [-0.4, -0.2) is 13.3 Å². The number of nitro groups is 1. The van der Waals surface area contributed by atoms with Gasteiger partial charge in [0.2, 0.25) is 10.7 Å². The van der Waals surface area contributed by atoms with E-state index in [2.05, 4.69) is 4.42 Å². The smallest absolute Gasteiger partial charge is 0.364 e. The third-order valence-corrected chi connectivity index (χ3v) is 2.04. The highest BCUT2D eigenvalue weighted by molar-refractivity contribution is 7.72. The van der Waals surface area contributed by atoms with Gasteiger partial charge in [-0.1, -0.05) is 0 Å². The number of hydrogen-bond acceptors (Lipinski definition) is 5. The molecule has 0 saturated heterocycles. The van der Waals surface area contributed by atoms with E-state index in [1.165, 1.54) is 18.4 Å². The Kier molecular flexibility index (Phi) is 2.44. The van der Waals surface area contributed by atoms with Gasteiger partial charge < -0.3 is 4.42 Å². The standard InChI is InChI=1S/C5H5NO5S/c7-6(8)5(12(9)10)4-2-1-3-11-4/h1-3,5,12H. The second-order valence-electron chi connectivity index (χ2n) is 1.96. The van der Waals surface area contributed by atoms with E-state index < -0.39 is 21.0 Å². The summed E-state index contributed by atoms with van der Waals surface area (Å²) in [7, 11) is -3.15. The maximum absolute atomic E-state index is 10.4. The zero-order valence-electron chi connectivity index (χ0n) is 5.75. The lowest BCUT2D eigenvalue weighted by atomic mass is 10.4. The maximum Gasteiger partial charge on any atom is 0.364 e. The maximum atomic E-state index is 10.4. The minimum atomic E-state index is -3.15. The molecule has 1 atom stereocenters. The van der Waals surface area contributed by atoms with Gasteiger partial charge in [0.15, 0.2) is 5.76 Å². The van der Waals surface area contributed by atoms with Gasteiger partial charge in [-0.25, -0.2) is 8.42 Å². The fourth-order valence-corrected chi connectivity index (χ4v) is 1.23. The first-order valence-corrected chi connectivity index (χ1v) is 4.18. The van der Waals surface area contributed by atoms with E-state index >= 15 is 0 Å². The van der Waals surface area contributed by atoms with Crippen LogP contribution in [0.3, 0.4) is 0 Å². The highest BCUT2D eigenvalue weighted by Gasteiger charge is 2.28. The van der Waals surface area contributed by atoms with Crippen LogP contribution in [0, 0.1) is 10.1 Å². The summed E-state index contributed by atoms with van der Waals surface area (Å²) in [6, 6.07) is 2.64. The van der Waals surface area contributed by atoms with Crippen LogP contribution in [0.4, 0.5) is 0 Å². The minimum absolute atomic E-state index is 0.170. The molecule has 0 saturated carbocycles. The van der Waals surface area contributed by atoms with E-state index in [0.717, 1.165) is 0 Å². The molecule has 1 aromatic heterocycles. The van der Waals surface area contributed by atoms with Crippen molar-refractivity contribution in [3.63, 3.8) is 0 Å². The lowest BCUT2D eigenvalue weighted by Crippen LogP contribution is -2.10. The van der Waals surface area contributed by atoms with Crippen molar-refractivity contribution in [1.29, 1.82) is 0 Å². The number of hydrogen-bond donors (Lipinski definition) is 1. The van der Waals surface area contributed by atoms with Gasteiger partial charge in [0.05, 0.1) is 6.26 Å². The highest BCUT2D eigenvalue weighted by Crippen LogP contribution is 2.16. The van der Waals surface area contributed by atoms with Crippen LogP contribution in [-0.2, 0) is 10.7 Å². The van der Waals surface area contributed by atoms with Crippen molar-refractivity contribution in [1.82, 2.24) is 0 Å². The fourth-order valence-electron chi connectivity index (χ4n) is 0.723. The average molecular weight is 191 g/mol. The van der Waals surface area contributed by atoms with Crippen LogP contribution >= 0.6 is 0 Å². The number of furan rings is 1. The lowest BCUT2D eigenvalue weighted by molar-refractivity contribution is -0.504. The molecule has 0 bridgehead atoms. The zero-order chi connectivity index (χ0) is 9.14. The topological polar surface area (TPSA) is 90.4 Å². The Morgan fingerprint density at radius 2 is 2.25 bits per heavy atom. The molecule has 0 aromatic carbocycles. The van der Waals surface area contributed by atoms with Crippen molar-refractivity contribution < 1.29 is 17.8 Å². The van der Waals surface area contributed by atoms with Crippen LogP contribution in [0.5, 0.6) is 0 Å². The van der Waals surface area contributed by atoms with Crippen LogP contribution in [0.1, 0.15) is 11.1 Å². The number of rotatable bonds is 3. The average Bonchev–Trinajstić information content (AvgIpc) is 2.37. The van der Waals surface area contributed by atoms with E-state index in [1.54, 1.807) is 0 Å². The van der Waals surface area contributed by atoms with E-state index in [9.17, 15) is 18.5 Å². The van der Waals surface area contributed by atoms with Gasteiger partial charge in [-0.05, 0) is 12.1 Å². The van der Waals surface area contributed by atoms with E-state index in [0.29, 0.717) is 0 Å². The molecule has 0 fully saturated rings. The molecule has 0 amide bonds. The summed E-state index contributed by atoms with van der Waals surface area (Å²) in [5.41, 5.74) is 0. The van der Waals surface area contributed by atoms with E-state index in [4.69, 9.17) is 0 Å². The summed E-state index contributed by atoms with van der Waals surface area (Å²) in [6.07, 6.45) is 1.19. The summed E-state index contributed by atoms with van der Waals surface area (Å²) in [5.74, 6) is -0.170. The van der Waals surface area contributed by atoms with Crippen LogP contribution in [0.25, 0.3) is 0 Å². The molecule has 12 heavy (non-hydrogen) atoms. The van der Waals surface area contributed by atoms with Gasteiger partial charge in [-0.2, -0.15) is 0 Å². The first kappa shape index (κ1) is 8.72. The Morgan fingerprint density at radius 1 is 1.58 bits per heavy atom. The molecular weight excluding hydrogens is 186 g/mol. The molecule has 0 N–H and O–H groups in total. The van der Waals surface area contributed by atoms with Gasteiger partial charge in [-0.15, -0.1) is 0 Å². The molecule has 0 aliphatic heterocycles. The molecule has 0 radical (unpaired) electrons. The molecular formula is C5H5NO5S. The SMILES string of the molecule is O=[N+]([O-])C(c1ccco1)[SH](=O)=O. The lowest BCUT2D eigenvalue weighted by Gasteiger charge is -1.96. The Bertz CT molecular complexity index is 333. The Balaban J connectivity index is 3.04. The molecule has 1 rings (SSSR count). The van der Waals surface area contributed by atoms with Crippen molar-refractivity contribution >= 4 is 10.7 Å². The van der Waals surface area contributed by atoms with Crippen LogP contribution < -0.4 is 0 Å². The predicted molar refractivity (Wildman–Crippen MR) is 38.8 cm³/mol. The summed E-state index contributed by atoms with van der Waals surface area (Å²) >= 11 is 0. The first-order chi connectivity index (χ1) is 5.63. The van der Waals surface area contributed by atoms with E-state index in [-0.39, 0.29) is 5.76 Å². The molecule has 66 valence electrons. The normalized spacial score (nSPS) is 13.1. The third-order valence-electron chi connectivity index (χ3n) is 1.20. The molecule has 0 aliphatic carbocycles. The molecule has 0 aliphatic rings. The van der Waals surface area contributed by atoms with Gasteiger partial charge >= 0.3 is 5.37 Å². The monoisotopic (exact) mass is 191 g/mol. The Labute approximate surface area is 68.9 Å². The summed E-state index contributed by atoms with van der Waals surface area (Å²) < 4.78 is 25.3. The molecule has 1 unspecified atom stereocenters. The molecule has 6 nitrogen and oxygen atoms in total. The number of thiol groups is 1. The van der Waals surface area contributed by atoms with Crippen molar-refractivity contribution in [2.24, 2.45) is 0 Å². The van der Waals surface area contributed by atoms with Gasteiger partial charge in [-0.3, -0.25) is 10.1 Å². The largest absolute Gasteiger partial charge is 0.461 e. The molecule has 1 heterocycles. The second kappa shape index (κ2) is 3.35. The number of nitrogens with zero attached hydrogens (tertiary/aromatic N) is 1. The fraction of sp³-hybridized carbons (Fsp3) is 0.200.